The van der Waals surface area contributed by atoms with Crippen LogP contribution in [0.15, 0.2) is 53.6 Å². The van der Waals surface area contributed by atoms with Gasteiger partial charge < -0.3 is 19.8 Å². The van der Waals surface area contributed by atoms with Gasteiger partial charge in [0.1, 0.15) is 5.75 Å². The van der Waals surface area contributed by atoms with Crippen LogP contribution < -0.4 is 4.74 Å². The van der Waals surface area contributed by atoms with E-state index in [9.17, 15) is 15.0 Å². The Kier molecular flexibility index (Phi) is 8.78. The Hall–Kier alpha value is -2.32. The number of methoxy groups -OCH3 is 1. The largest absolute Gasteiger partial charge is 0.497 e. The predicted molar refractivity (Wildman–Crippen MR) is 145 cm³/mol. The van der Waals surface area contributed by atoms with Crippen molar-refractivity contribution in [3.63, 3.8) is 0 Å². The first-order valence-electron chi connectivity index (χ1n) is 12.3. The fourth-order valence-corrected chi connectivity index (χ4v) is 6.27. The minimum Gasteiger partial charge on any atom is -0.497 e. The molecule has 0 amide bonds. The lowest BCUT2D eigenvalue weighted by Gasteiger charge is -2.39. The number of ether oxygens (including phenoxy) is 1. The summed E-state index contributed by atoms with van der Waals surface area (Å²) < 4.78 is 5.33. The van der Waals surface area contributed by atoms with Crippen LogP contribution in [-0.2, 0) is 4.79 Å². The maximum Gasteiger partial charge on any atom is 0.309 e. The molecule has 2 N–H and O–H groups in total. The predicted octanol–water partition coefficient (Wildman–Crippen LogP) is 5.98. The SMILES string of the molecule is COc1ccc2ncc(Cl)c([C@@H](O)CCC3(C(=O)O)CCN(CCSc4cccc(C)c4)CC3)c2c1. The van der Waals surface area contributed by atoms with Gasteiger partial charge in [0.05, 0.1) is 29.2 Å². The molecule has 2 aromatic carbocycles. The molecule has 0 unspecified atom stereocenters. The molecule has 2 heterocycles. The van der Waals surface area contributed by atoms with Crippen molar-refractivity contribution in [3.05, 3.63) is 64.8 Å². The van der Waals surface area contributed by atoms with Gasteiger partial charge in [-0.05, 0) is 76.0 Å². The molecular weight excluding hydrogens is 496 g/mol. The summed E-state index contributed by atoms with van der Waals surface area (Å²) in [5.74, 6) is 0.838. The number of fused-ring (bicyclic) bond motifs is 1. The molecule has 4 rings (SSSR count). The quantitative estimate of drug-likeness (QED) is 0.313. The number of hydrogen-bond acceptors (Lipinski definition) is 6. The first-order valence-corrected chi connectivity index (χ1v) is 13.6. The van der Waals surface area contributed by atoms with Gasteiger partial charge in [-0.2, -0.15) is 0 Å². The third kappa shape index (κ3) is 6.14. The molecule has 1 aliphatic heterocycles. The van der Waals surface area contributed by atoms with Crippen LogP contribution >= 0.6 is 23.4 Å². The normalized spacial score (nSPS) is 16.7. The lowest BCUT2D eigenvalue weighted by molar-refractivity contribution is -0.153. The maximum absolute atomic E-state index is 12.4. The molecule has 0 radical (unpaired) electrons. The molecule has 0 bridgehead atoms. The second-order valence-corrected chi connectivity index (χ2v) is 11.1. The number of nitrogens with zero attached hydrogens (tertiary/aromatic N) is 2. The molecule has 8 heteroatoms. The van der Waals surface area contributed by atoms with E-state index in [1.165, 1.54) is 16.7 Å². The van der Waals surface area contributed by atoms with E-state index < -0.39 is 17.5 Å². The number of carbonyl (C=O) groups is 1. The summed E-state index contributed by atoms with van der Waals surface area (Å²) in [7, 11) is 1.58. The Morgan fingerprint density at radius 1 is 1.25 bits per heavy atom. The average Bonchev–Trinajstić information content (AvgIpc) is 2.87. The highest BCUT2D eigenvalue weighted by Crippen LogP contribution is 2.41. The van der Waals surface area contributed by atoms with Crippen molar-refractivity contribution in [2.45, 2.75) is 43.6 Å². The Morgan fingerprint density at radius 3 is 2.72 bits per heavy atom. The molecule has 1 saturated heterocycles. The van der Waals surface area contributed by atoms with Crippen LogP contribution in [0.2, 0.25) is 5.02 Å². The number of benzene rings is 2. The van der Waals surface area contributed by atoms with Crippen LogP contribution in [0, 0.1) is 12.3 Å². The standard InChI is InChI=1S/C28H33ClN2O4S/c1-19-4-3-5-21(16-19)36-15-14-31-12-10-28(11-13-31,27(33)34)9-8-25(32)26-22-17-20(35-2)6-7-24(22)30-18-23(26)29/h3-7,16-18,25,32H,8-15H2,1-2H3,(H,33,34)/t25-/m0/s1. The van der Waals surface area contributed by atoms with Gasteiger partial charge in [0, 0.05) is 34.3 Å². The number of aliphatic hydroxyl groups excluding tert-OH is 1. The number of rotatable bonds is 10. The molecule has 3 aromatic rings. The summed E-state index contributed by atoms with van der Waals surface area (Å²) in [6.45, 7) is 4.51. The second kappa shape index (κ2) is 11.8. The fourth-order valence-electron chi connectivity index (χ4n) is 4.96. The van der Waals surface area contributed by atoms with E-state index in [-0.39, 0.29) is 0 Å². The van der Waals surface area contributed by atoms with Crippen molar-refractivity contribution in [2.24, 2.45) is 5.41 Å². The fraction of sp³-hybridized carbons (Fsp3) is 0.429. The van der Waals surface area contributed by atoms with Gasteiger partial charge in [-0.3, -0.25) is 9.78 Å². The summed E-state index contributed by atoms with van der Waals surface area (Å²) in [5.41, 5.74) is 1.70. The van der Waals surface area contributed by atoms with E-state index in [0.717, 1.165) is 30.8 Å². The maximum atomic E-state index is 12.4. The minimum atomic E-state index is -0.893. The molecular formula is C28H33ClN2O4S. The molecule has 1 atom stereocenters. The van der Waals surface area contributed by atoms with Gasteiger partial charge in [-0.1, -0.05) is 29.3 Å². The van der Waals surface area contributed by atoms with Crippen LogP contribution in [-0.4, -0.2) is 58.6 Å². The molecule has 1 fully saturated rings. The molecule has 1 aliphatic rings. The number of pyridine rings is 1. The van der Waals surface area contributed by atoms with Crippen LogP contribution in [0.4, 0.5) is 0 Å². The van der Waals surface area contributed by atoms with E-state index >= 15 is 0 Å². The third-order valence-corrected chi connectivity index (χ3v) is 8.51. The van der Waals surface area contributed by atoms with Gasteiger partial charge >= 0.3 is 5.97 Å². The van der Waals surface area contributed by atoms with E-state index in [2.05, 4.69) is 41.1 Å². The van der Waals surface area contributed by atoms with Crippen LogP contribution in [0.3, 0.4) is 0 Å². The van der Waals surface area contributed by atoms with Crippen molar-refractivity contribution in [1.82, 2.24) is 9.88 Å². The van der Waals surface area contributed by atoms with Gasteiger partial charge in [-0.15, -0.1) is 11.8 Å². The van der Waals surface area contributed by atoms with Gasteiger partial charge in [-0.25, -0.2) is 0 Å². The number of aryl methyl sites for hydroxylation is 1. The highest BCUT2D eigenvalue weighted by molar-refractivity contribution is 7.99. The first-order chi connectivity index (χ1) is 17.3. The minimum absolute atomic E-state index is 0.311. The van der Waals surface area contributed by atoms with Gasteiger partial charge in [0.25, 0.3) is 0 Å². The van der Waals surface area contributed by atoms with E-state index in [4.69, 9.17) is 16.3 Å². The summed E-state index contributed by atoms with van der Waals surface area (Å²) in [5, 5.41) is 22.4. The molecule has 1 aromatic heterocycles. The Balaban J connectivity index is 1.37. The van der Waals surface area contributed by atoms with E-state index in [0.29, 0.717) is 47.5 Å². The number of halogens is 1. The highest BCUT2D eigenvalue weighted by atomic mass is 35.5. The van der Waals surface area contributed by atoms with Gasteiger partial charge in [0.2, 0.25) is 0 Å². The van der Waals surface area contributed by atoms with Crippen LogP contribution in [0.5, 0.6) is 5.75 Å². The monoisotopic (exact) mass is 528 g/mol. The number of thioether (sulfide) groups is 1. The second-order valence-electron chi connectivity index (χ2n) is 9.55. The number of aromatic nitrogens is 1. The number of carboxylic acid groups (broad SMARTS) is 1. The highest BCUT2D eigenvalue weighted by Gasteiger charge is 2.41. The number of likely N-dealkylation sites (tertiary alicyclic amines) is 1. The topological polar surface area (TPSA) is 82.9 Å². The van der Waals surface area contributed by atoms with Crippen LogP contribution in [0.25, 0.3) is 10.9 Å². The summed E-state index contributed by atoms with van der Waals surface area (Å²) in [4.78, 5) is 20.3. The zero-order valence-electron chi connectivity index (χ0n) is 20.7. The number of hydrogen-bond donors (Lipinski definition) is 2. The molecule has 0 aliphatic carbocycles. The number of carboxylic acids is 1. The van der Waals surface area contributed by atoms with E-state index in [1.54, 1.807) is 7.11 Å². The summed E-state index contributed by atoms with van der Waals surface area (Å²) >= 11 is 8.28. The number of aliphatic carboxylic acids is 1. The number of aliphatic hydroxyl groups is 1. The lowest BCUT2D eigenvalue weighted by Crippen LogP contribution is -2.45. The first kappa shape index (κ1) is 26.7. The lowest BCUT2D eigenvalue weighted by atomic mass is 9.74. The molecule has 0 saturated carbocycles. The van der Waals surface area contributed by atoms with Crippen LogP contribution in [0.1, 0.15) is 42.9 Å². The smallest absolute Gasteiger partial charge is 0.309 e. The van der Waals surface area contributed by atoms with Crippen molar-refractivity contribution < 1.29 is 19.7 Å². The average molecular weight is 529 g/mol. The van der Waals surface area contributed by atoms with Crippen molar-refractivity contribution in [1.29, 1.82) is 0 Å². The zero-order valence-corrected chi connectivity index (χ0v) is 22.3. The van der Waals surface area contributed by atoms with E-state index in [1.807, 2.05) is 30.0 Å². The Labute approximate surface area is 221 Å². The Morgan fingerprint density at radius 2 is 2.03 bits per heavy atom. The third-order valence-electron chi connectivity index (χ3n) is 7.23. The summed E-state index contributed by atoms with van der Waals surface area (Å²) in [6.07, 6.45) is 2.49. The molecule has 192 valence electrons. The molecule has 0 spiro atoms. The van der Waals surface area contributed by atoms with Gasteiger partial charge in [0.15, 0.2) is 0 Å². The zero-order chi connectivity index (χ0) is 25.7. The van der Waals surface area contributed by atoms with Crippen molar-refractivity contribution >= 4 is 40.2 Å². The molecule has 6 nitrogen and oxygen atoms in total. The Bertz CT molecular complexity index is 1210. The molecule has 36 heavy (non-hydrogen) atoms. The summed E-state index contributed by atoms with van der Waals surface area (Å²) in [6, 6.07) is 13.9. The number of piperidine rings is 1. The van der Waals surface area contributed by atoms with Crippen molar-refractivity contribution in [3.8, 4) is 5.75 Å². The van der Waals surface area contributed by atoms with Crippen molar-refractivity contribution in [2.75, 3.05) is 32.5 Å².